The molecule has 0 spiro atoms. The second-order valence-electron chi connectivity index (χ2n) is 6.98. The van der Waals surface area contributed by atoms with Gasteiger partial charge in [0.15, 0.2) is 0 Å². The molecule has 0 atom stereocenters. The predicted octanol–water partition coefficient (Wildman–Crippen LogP) is 2.33. The van der Waals surface area contributed by atoms with Crippen LogP contribution in [0.4, 0.5) is 11.4 Å². The van der Waals surface area contributed by atoms with Crippen molar-refractivity contribution < 1.29 is 14.4 Å². The highest BCUT2D eigenvalue weighted by atomic mass is 16.2. The second-order valence-corrected chi connectivity index (χ2v) is 6.98. The van der Waals surface area contributed by atoms with Crippen molar-refractivity contribution in [1.29, 1.82) is 0 Å². The minimum absolute atomic E-state index is 0.000420. The summed E-state index contributed by atoms with van der Waals surface area (Å²) in [7, 11) is 3.35. The van der Waals surface area contributed by atoms with E-state index in [0.717, 1.165) is 12.8 Å². The van der Waals surface area contributed by atoms with Crippen molar-refractivity contribution in [3.05, 3.63) is 59.7 Å². The number of carbonyl (C=O) groups excluding carboxylic acids is 3. The number of nitrogens with one attached hydrogen (secondary N) is 3. The second kappa shape index (κ2) is 8.56. The van der Waals surface area contributed by atoms with E-state index < -0.39 is 0 Å². The average molecular weight is 380 g/mol. The highest BCUT2D eigenvalue weighted by Gasteiger charge is 2.24. The summed E-state index contributed by atoms with van der Waals surface area (Å²) in [6.07, 6.45) is 2.03. The van der Waals surface area contributed by atoms with Gasteiger partial charge in [0.25, 0.3) is 11.8 Å². The Morgan fingerprint density at radius 2 is 1.79 bits per heavy atom. The molecule has 2 aromatic carbocycles. The SMILES string of the molecule is CN(C)C(=O)c1cccc(NC(=O)CNc2ccccc2C(=O)NC2CC2)c1. The number of amides is 3. The monoisotopic (exact) mass is 380 g/mol. The van der Waals surface area contributed by atoms with E-state index in [4.69, 9.17) is 0 Å². The Morgan fingerprint density at radius 3 is 2.50 bits per heavy atom. The van der Waals surface area contributed by atoms with E-state index in [2.05, 4.69) is 16.0 Å². The van der Waals surface area contributed by atoms with E-state index in [9.17, 15) is 14.4 Å². The number of benzene rings is 2. The normalized spacial score (nSPS) is 12.8. The van der Waals surface area contributed by atoms with Gasteiger partial charge in [-0.15, -0.1) is 0 Å². The lowest BCUT2D eigenvalue weighted by Crippen LogP contribution is -2.27. The largest absolute Gasteiger partial charge is 0.376 e. The summed E-state index contributed by atoms with van der Waals surface area (Å²) in [5, 5.41) is 8.73. The van der Waals surface area contributed by atoms with Crippen LogP contribution in [0.25, 0.3) is 0 Å². The summed E-state index contributed by atoms with van der Waals surface area (Å²) in [4.78, 5) is 38.1. The number of carbonyl (C=O) groups is 3. The van der Waals surface area contributed by atoms with Crippen molar-refractivity contribution in [2.45, 2.75) is 18.9 Å². The van der Waals surface area contributed by atoms with Crippen LogP contribution in [0.1, 0.15) is 33.6 Å². The van der Waals surface area contributed by atoms with Crippen LogP contribution in [0.5, 0.6) is 0 Å². The fourth-order valence-corrected chi connectivity index (χ4v) is 2.69. The third kappa shape index (κ3) is 5.09. The van der Waals surface area contributed by atoms with Crippen molar-refractivity contribution in [3.8, 4) is 0 Å². The summed E-state index contributed by atoms with van der Waals surface area (Å²) < 4.78 is 0. The zero-order valence-electron chi connectivity index (χ0n) is 16.0. The molecule has 0 radical (unpaired) electrons. The van der Waals surface area contributed by atoms with Gasteiger partial charge in [-0.3, -0.25) is 14.4 Å². The number of nitrogens with zero attached hydrogens (tertiary/aromatic N) is 1. The fraction of sp³-hybridized carbons (Fsp3) is 0.286. The lowest BCUT2D eigenvalue weighted by Gasteiger charge is -2.13. The molecule has 1 saturated carbocycles. The molecule has 7 nitrogen and oxygen atoms in total. The lowest BCUT2D eigenvalue weighted by atomic mass is 10.1. The van der Waals surface area contributed by atoms with Gasteiger partial charge in [0, 0.05) is 37.1 Å². The summed E-state index contributed by atoms with van der Waals surface area (Å²) in [5.74, 6) is -0.544. The van der Waals surface area contributed by atoms with Crippen LogP contribution in [0.2, 0.25) is 0 Å². The van der Waals surface area contributed by atoms with E-state index in [1.807, 2.05) is 6.07 Å². The molecule has 1 aliphatic carbocycles. The molecule has 0 saturated heterocycles. The molecule has 1 aliphatic rings. The van der Waals surface area contributed by atoms with Crippen LogP contribution >= 0.6 is 0 Å². The van der Waals surface area contributed by atoms with Crippen LogP contribution in [0.3, 0.4) is 0 Å². The van der Waals surface area contributed by atoms with Crippen LogP contribution in [0.15, 0.2) is 48.5 Å². The molecule has 0 aromatic heterocycles. The molecule has 0 heterocycles. The summed E-state index contributed by atoms with van der Waals surface area (Å²) >= 11 is 0. The Labute approximate surface area is 164 Å². The van der Waals surface area contributed by atoms with Gasteiger partial charge >= 0.3 is 0 Å². The quantitative estimate of drug-likeness (QED) is 0.688. The number of para-hydroxylation sites is 1. The smallest absolute Gasteiger partial charge is 0.253 e. The first-order valence-corrected chi connectivity index (χ1v) is 9.19. The molecule has 3 N–H and O–H groups in total. The predicted molar refractivity (Wildman–Crippen MR) is 109 cm³/mol. The standard InChI is InChI=1S/C21H24N4O3/c1-25(2)21(28)14-6-5-7-16(12-14)23-19(26)13-22-18-9-4-3-8-17(18)20(27)24-15-10-11-15/h3-9,12,15,22H,10-11,13H2,1-2H3,(H,23,26)(H,24,27). The summed E-state index contributed by atoms with van der Waals surface area (Å²) in [6, 6.07) is 14.1. The average Bonchev–Trinajstić information content (AvgIpc) is 3.50. The van der Waals surface area contributed by atoms with Crippen LogP contribution in [0, 0.1) is 0 Å². The molecule has 28 heavy (non-hydrogen) atoms. The summed E-state index contributed by atoms with van der Waals surface area (Å²) in [6.45, 7) is -0.000420. The van der Waals surface area contributed by atoms with Crippen molar-refractivity contribution in [1.82, 2.24) is 10.2 Å². The van der Waals surface area contributed by atoms with Gasteiger partial charge in [0.2, 0.25) is 5.91 Å². The van der Waals surface area contributed by atoms with E-state index in [1.165, 1.54) is 4.90 Å². The van der Waals surface area contributed by atoms with Crippen LogP contribution in [-0.2, 0) is 4.79 Å². The highest BCUT2D eigenvalue weighted by Crippen LogP contribution is 2.21. The van der Waals surface area contributed by atoms with E-state index in [0.29, 0.717) is 22.5 Å². The maximum absolute atomic E-state index is 12.3. The highest BCUT2D eigenvalue weighted by molar-refractivity contribution is 6.01. The molecule has 1 fully saturated rings. The number of anilines is 2. The van der Waals surface area contributed by atoms with Gasteiger partial charge in [0.05, 0.1) is 12.1 Å². The van der Waals surface area contributed by atoms with Crippen LogP contribution in [-0.4, -0.2) is 49.3 Å². The lowest BCUT2D eigenvalue weighted by molar-refractivity contribution is -0.114. The van der Waals surface area contributed by atoms with E-state index in [-0.39, 0.29) is 30.3 Å². The van der Waals surface area contributed by atoms with Crippen molar-refractivity contribution in [2.75, 3.05) is 31.3 Å². The first-order valence-electron chi connectivity index (χ1n) is 9.19. The number of hydrogen-bond donors (Lipinski definition) is 3. The Balaban J connectivity index is 1.60. The molecule has 0 bridgehead atoms. The van der Waals surface area contributed by atoms with Gasteiger partial charge in [0.1, 0.15) is 0 Å². The Bertz CT molecular complexity index is 891. The molecule has 146 valence electrons. The van der Waals surface area contributed by atoms with Crippen molar-refractivity contribution in [3.63, 3.8) is 0 Å². The molecule has 0 aliphatic heterocycles. The van der Waals surface area contributed by atoms with Crippen LogP contribution < -0.4 is 16.0 Å². The van der Waals surface area contributed by atoms with Crippen molar-refractivity contribution >= 4 is 29.1 Å². The molecule has 3 amide bonds. The van der Waals surface area contributed by atoms with Gasteiger partial charge in [-0.2, -0.15) is 0 Å². The van der Waals surface area contributed by atoms with E-state index in [1.54, 1.807) is 56.6 Å². The van der Waals surface area contributed by atoms with Crippen molar-refractivity contribution in [2.24, 2.45) is 0 Å². The van der Waals surface area contributed by atoms with E-state index >= 15 is 0 Å². The van der Waals surface area contributed by atoms with Gasteiger partial charge in [-0.05, 0) is 43.2 Å². The third-order valence-electron chi connectivity index (χ3n) is 4.32. The Hall–Kier alpha value is -3.35. The van der Waals surface area contributed by atoms with Gasteiger partial charge in [-0.1, -0.05) is 18.2 Å². The maximum atomic E-state index is 12.3. The zero-order chi connectivity index (χ0) is 20.1. The minimum atomic E-state index is -0.271. The van der Waals surface area contributed by atoms with Gasteiger partial charge < -0.3 is 20.9 Å². The Kier molecular flexibility index (Phi) is 5.93. The molecular weight excluding hydrogens is 356 g/mol. The Morgan fingerprint density at radius 1 is 1.04 bits per heavy atom. The minimum Gasteiger partial charge on any atom is -0.376 e. The molecular formula is C21H24N4O3. The first-order chi connectivity index (χ1) is 13.4. The maximum Gasteiger partial charge on any atom is 0.253 e. The number of hydrogen-bond acceptors (Lipinski definition) is 4. The molecule has 0 unspecified atom stereocenters. The molecule has 3 rings (SSSR count). The third-order valence-corrected chi connectivity index (χ3v) is 4.32. The first kappa shape index (κ1) is 19.4. The van der Waals surface area contributed by atoms with Gasteiger partial charge in [-0.25, -0.2) is 0 Å². The molecule has 7 heteroatoms. The number of rotatable bonds is 7. The zero-order valence-corrected chi connectivity index (χ0v) is 16.0. The summed E-state index contributed by atoms with van der Waals surface area (Å²) in [5.41, 5.74) is 2.16. The fourth-order valence-electron chi connectivity index (χ4n) is 2.69. The molecule has 2 aromatic rings. The topological polar surface area (TPSA) is 90.5 Å².